The molecule has 0 saturated heterocycles. The first kappa shape index (κ1) is 19.6. The van der Waals surface area contributed by atoms with Gasteiger partial charge in [0.15, 0.2) is 0 Å². The average Bonchev–Trinajstić information content (AvgIpc) is 2.70. The number of hydrogen-bond donors (Lipinski definition) is 2. The molecule has 0 aromatic heterocycles. The summed E-state index contributed by atoms with van der Waals surface area (Å²) in [4.78, 5) is 12.4. The van der Waals surface area contributed by atoms with Gasteiger partial charge in [-0.15, -0.1) is 0 Å². The number of benzene rings is 3. The second-order valence-corrected chi connectivity index (χ2v) is 7.60. The molecular weight excluding hydrogens is 348 g/mol. The Kier molecular flexibility index (Phi) is 5.81. The van der Waals surface area contributed by atoms with Gasteiger partial charge in [-0.1, -0.05) is 91.0 Å². The fourth-order valence-electron chi connectivity index (χ4n) is 3.23. The van der Waals surface area contributed by atoms with Crippen LogP contribution in [0.15, 0.2) is 91.0 Å². The Bertz CT molecular complexity index is 791. The van der Waals surface area contributed by atoms with E-state index in [1.807, 2.05) is 112 Å². The van der Waals surface area contributed by atoms with Gasteiger partial charge in [-0.05, 0) is 37.5 Å². The van der Waals surface area contributed by atoms with E-state index in [4.69, 9.17) is 4.74 Å². The first-order chi connectivity index (χ1) is 13.4. The number of amides is 1. The number of nitrogens with one attached hydrogen (secondary N) is 2. The highest BCUT2D eigenvalue weighted by atomic mass is 16.6. The predicted octanol–water partition coefficient (Wildman–Crippen LogP) is 5.01. The van der Waals surface area contributed by atoms with Crippen LogP contribution in [0.3, 0.4) is 0 Å². The molecular formula is C24H26N2O2. The maximum absolute atomic E-state index is 12.4. The van der Waals surface area contributed by atoms with Crippen LogP contribution in [0.2, 0.25) is 0 Å². The van der Waals surface area contributed by atoms with Gasteiger partial charge >= 0.3 is 6.09 Å². The summed E-state index contributed by atoms with van der Waals surface area (Å²) in [5, 5.41) is 0. The quantitative estimate of drug-likeness (QED) is 0.488. The fraction of sp³-hybridized carbons (Fsp3) is 0.208. The van der Waals surface area contributed by atoms with Gasteiger partial charge in [0.25, 0.3) is 0 Å². The maximum atomic E-state index is 12.4. The maximum Gasteiger partial charge on any atom is 0.422 e. The molecule has 0 saturated carbocycles. The number of carbonyl (C=O) groups excluding carboxylic acids is 1. The third-order valence-electron chi connectivity index (χ3n) is 4.37. The van der Waals surface area contributed by atoms with Crippen molar-refractivity contribution in [3.8, 4) is 0 Å². The molecule has 0 aliphatic rings. The standard InChI is InChI=1S/C24H26N2O2/c1-23(2,3)28-22(27)25-26-24(19-13-7-4-8-14-19,20-15-9-5-10-16-20)21-17-11-6-12-18-21/h4-18,26H,1-3H3,(H,25,27). The van der Waals surface area contributed by atoms with E-state index in [2.05, 4.69) is 10.9 Å². The highest BCUT2D eigenvalue weighted by Crippen LogP contribution is 2.36. The summed E-state index contributed by atoms with van der Waals surface area (Å²) in [6.45, 7) is 5.52. The molecule has 3 aromatic carbocycles. The molecule has 3 aromatic rings. The number of carbonyl (C=O) groups is 1. The highest BCUT2D eigenvalue weighted by Gasteiger charge is 2.37. The third kappa shape index (κ3) is 4.41. The first-order valence-electron chi connectivity index (χ1n) is 9.34. The summed E-state index contributed by atoms with van der Waals surface area (Å²) < 4.78 is 5.43. The van der Waals surface area contributed by atoms with Gasteiger partial charge in [0.05, 0.1) is 0 Å². The van der Waals surface area contributed by atoms with Crippen molar-refractivity contribution in [3.05, 3.63) is 108 Å². The summed E-state index contributed by atoms with van der Waals surface area (Å²) in [6, 6.07) is 30.2. The van der Waals surface area contributed by atoms with E-state index in [9.17, 15) is 4.79 Å². The number of hydrazine groups is 1. The lowest BCUT2D eigenvalue weighted by Crippen LogP contribution is -2.54. The van der Waals surface area contributed by atoms with Crippen molar-refractivity contribution in [1.29, 1.82) is 0 Å². The normalized spacial score (nSPS) is 11.7. The Morgan fingerprint density at radius 2 is 1.04 bits per heavy atom. The molecule has 0 bridgehead atoms. The van der Waals surface area contributed by atoms with E-state index in [1.54, 1.807) is 0 Å². The van der Waals surface area contributed by atoms with Crippen LogP contribution in [0.5, 0.6) is 0 Å². The van der Waals surface area contributed by atoms with E-state index in [1.165, 1.54) is 0 Å². The van der Waals surface area contributed by atoms with Crippen molar-refractivity contribution in [2.24, 2.45) is 0 Å². The van der Waals surface area contributed by atoms with Gasteiger partial charge in [0.2, 0.25) is 0 Å². The van der Waals surface area contributed by atoms with Crippen molar-refractivity contribution < 1.29 is 9.53 Å². The zero-order valence-electron chi connectivity index (χ0n) is 16.5. The van der Waals surface area contributed by atoms with Gasteiger partial charge in [-0.25, -0.2) is 10.2 Å². The molecule has 0 aliphatic carbocycles. The topological polar surface area (TPSA) is 50.4 Å². The van der Waals surface area contributed by atoms with Crippen LogP contribution in [-0.2, 0) is 10.3 Å². The number of hydrogen-bond acceptors (Lipinski definition) is 3. The van der Waals surface area contributed by atoms with Crippen molar-refractivity contribution in [2.45, 2.75) is 31.9 Å². The summed E-state index contributed by atoms with van der Waals surface area (Å²) in [7, 11) is 0. The van der Waals surface area contributed by atoms with Crippen LogP contribution in [0.4, 0.5) is 4.79 Å². The third-order valence-corrected chi connectivity index (χ3v) is 4.37. The lowest BCUT2D eigenvalue weighted by Gasteiger charge is -2.37. The van der Waals surface area contributed by atoms with Crippen LogP contribution in [-0.4, -0.2) is 11.7 Å². The summed E-state index contributed by atoms with van der Waals surface area (Å²) in [5.41, 5.74) is 7.69. The summed E-state index contributed by atoms with van der Waals surface area (Å²) in [5.74, 6) is 0. The summed E-state index contributed by atoms with van der Waals surface area (Å²) >= 11 is 0. The van der Waals surface area contributed by atoms with E-state index >= 15 is 0 Å². The first-order valence-corrected chi connectivity index (χ1v) is 9.34. The Balaban J connectivity index is 2.10. The largest absolute Gasteiger partial charge is 0.443 e. The summed E-state index contributed by atoms with van der Waals surface area (Å²) in [6.07, 6.45) is -0.528. The number of ether oxygens (including phenoxy) is 1. The van der Waals surface area contributed by atoms with Crippen LogP contribution >= 0.6 is 0 Å². The second kappa shape index (κ2) is 8.28. The lowest BCUT2D eigenvalue weighted by molar-refractivity contribution is 0.0480. The monoisotopic (exact) mass is 374 g/mol. The fourth-order valence-corrected chi connectivity index (χ4v) is 3.23. The van der Waals surface area contributed by atoms with Crippen molar-refractivity contribution in [3.63, 3.8) is 0 Å². The molecule has 0 unspecified atom stereocenters. The van der Waals surface area contributed by atoms with Gasteiger partial charge in [0, 0.05) is 0 Å². The molecule has 144 valence electrons. The molecule has 2 N–H and O–H groups in total. The molecule has 0 fully saturated rings. The van der Waals surface area contributed by atoms with Crippen LogP contribution in [0.1, 0.15) is 37.5 Å². The van der Waals surface area contributed by atoms with Gasteiger partial charge in [0.1, 0.15) is 11.1 Å². The number of rotatable bonds is 5. The molecule has 4 heteroatoms. The smallest absolute Gasteiger partial charge is 0.422 e. The van der Waals surface area contributed by atoms with Crippen LogP contribution in [0, 0.1) is 0 Å². The molecule has 1 amide bonds. The minimum Gasteiger partial charge on any atom is -0.443 e. The van der Waals surface area contributed by atoms with E-state index in [0.717, 1.165) is 16.7 Å². The van der Waals surface area contributed by atoms with Crippen LogP contribution in [0.25, 0.3) is 0 Å². The predicted molar refractivity (Wildman–Crippen MR) is 112 cm³/mol. The van der Waals surface area contributed by atoms with Crippen molar-refractivity contribution in [1.82, 2.24) is 10.9 Å². The zero-order valence-corrected chi connectivity index (χ0v) is 16.5. The molecule has 0 spiro atoms. The molecule has 3 rings (SSSR count). The minimum atomic E-state index is -0.777. The minimum absolute atomic E-state index is 0.528. The van der Waals surface area contributed by atoms with E-state index in [-0.39, 0.29) is 0 Å². The van der Waals surface area contributed by atoms with Gasteiger partial charge in [-0.2, -0.15) is 0 Å². The highest BCUT2D eigenvalue weighted by molar-refractivity contribution is 5.67. The molecule has 0 heterocycles. The SMILES string of the molecule is CC(C)(C)OC(=O)NNC(c1ccccc1)(c1ccccc1)c1ccccc1. The molecule has 0 radical (unpaired) electrons. The van der Waals surface area contributed by atoms with E-state index in [0.29, 0.717) is 0 Å². The van der Waals surface area contributed by atoms with Gasteiger partial charge in [-0.3, -0.25) is 5.43 Å². The lowest BCUT2D eigenvalue weighted by atomic mass is 9.77. The molecule has 28 heavy (non-hydrogen) atoms. The van der Waals surface area contributed by atoms with Crippen molar-refractivity contribution in [2.75, 3.05) is 0 Å². The zero-order chi connectivity index (χ0) is 20.0. The van der Waals surface area contributed by atoms with Gasteiger partial charge < -0.3 is 4.74 Å². The van der Waals surface area contributed by atoms with Crippen molar-refractivity contribution >= 4 is 6.09 Å². The Hall–Kier alpha value is -3.11. The average molecular weight is 374 g/mol. The Labute approximate surface area is 166 Å². The van der Waals surface area contributed by atoms with E-state index < -0.39 is 17.2 Å². The Morgan fingerprint density at radius 1 is 0.679 bits per heavy atom. The second-order valence-electron chi connectivity index (χ2n) is 7.60. The Morgan fingerprint density at radius 3 is 1.36 bits per heavy atom. The molecule has 0 atom stereocenters. The van der Waals surface area contributed by atoms with Crippen LogP contribution < -0.4 is 10.9 Å². The molecule has 0 aliphatic heterocycles. The molecule has 4 nitrogen and oxygen atoms in total.